The third-order valence-electron chi connectivity index (χ3n) is 6.32. The number of hydrogen-bond acceptors (Lipinski definition) is 10. The van der Waals surface area contributed by atoms with Crippen molar-refractivity contribution in [2.75, 3.05) is 18.9 Å². The predicted octanol–water partition coefficient (Wildman–Crippen LogP) is 4.26. The molecule has 13 nitrogen and oxygen atoms in total. The topological polar surface area (TPSA) is 181 Å². The Morgan fingerprint density at radius 1 is 0.925 bits per heavy atom. The largest absolute Gasteiger partial charge is 0.527 e. The van der Waals surface area contributed by atoms with Crippen LogP contribution >= 0.6 is 15.6 Å². The first kappa shape index (κ1) is 28.1. The van der Waals surface area contributed by atoms with E-state index in [9.17, 15) is 27.7 Å². The Balaban J connectivity index is 1.32. The smallest absolute Gasteiger partial charge is 0.401 e. The molecule has 1 aliphatic rings. The number of fused-ring (bicyclic) bond motifs is 1. The van der Waals surface area contributed by atoms with Gasteiger partial charge in [-0.15, -0.1) is 0 Å². The first-order chi connectivity index (χ1) is 19.0. The maximum Gasteiger partial charge on any atom is 0.527 e. The molecule has 40 heavy (non-hydrogen) atoms. The van der Waals surface area contributed by atoms with Crippen molar-refractivity contribution in [1.29, 1.82) is 0 Å². The van der Waals surface area contributed by atoms with Crippen LogP contribution in [0.4, 0.5) is 14.7 Å². The fourth-order valence-corrected chi connectivity index (χ4v) is 5.97. The van der Waals surface area contributed by atoms with Crippen molar-refractivity contribution in [3.63, 3.8) is 0 Å². The zero-order valence-electron chi connectivity index (χ0n) is 20.5. The fourth-order valence-electron chi connectivity index (χ4n) is 4.33. The summed E-state index contributed by atoms with van der Waals surface area (Å²) >= 11 is 0. The van der Waals surface area contributed by atoms with Gasteiger partial charge in [0, 0.05) is 12.0 Å². The molecule has 2 unspecified atom stereocenters. The quantitative estimate of drug-likeness (QED) is 0.209. The van der Waals surface area contributed by atoms with Crippen LogP contribution in [0.2, 0.25) is 0 Å². The van der Waals surface area contributed by atoms with Crippen LogP contribution in [0.5, 0.6) is 11.5 Å². The van der Waals surface area contributed by atoms with Crippen LogP contribution in [-0.4, -0.2) is 42.5 Å². The number of para-hydroxylation sites is 2. The Bertz CT molecular complexity index is 1630. The van der Waals surface area contributed by atoms with Gasteiger partial charge in [-0.3, -0.25) is 18.8 Å². The lowest BCUT2D eigenvalue weighted by Crippen LogP contribution is -2.43. The molecule has 0 amide bonds. The van der Waals surface area contributed by atoms with E-state index in [0.717, 1.165) is 12.1 Å². The van der Waals surface area contributed by atoms with Gasteiger partial charge in [0.05, 0.1) is 25.7 Å². The van der Waals surface area contributed by atoms with E-state index in [2.05, 4.69) is 15.0 Å². The standard InChI is InChI=1S/C23H23F2N5O8P2/c24-16-5-1-3-7-20(16)37-39(31,32)35-11-14-9-19(30-13-28-18-10-27-23(26)29-22(18)30)15(14)12-36-40(33,34)38-21-8-4-2-6-17(21)25/h1-8,10,13-15,19H,9,11-12H2,(H,31,32)(H,33,34)(H2,26,27,29)/t14-,15+,19-/m1/s1. The van der Waals surface area contributed by atoms with Crippen LogP contribution in [0.3, 0.4) is 0 Å². The van der Waals surface area contributed by atoms with Gasteiger partial charge in [0.2, 0.25) is 5.95 Å². The molecule has 4 N–H and O–H groups in total. The fraction of sp³-hybridized carbons (Fsp3) is 0.261. The SMILES string of the molecule is Nc1ncc2ncn([C@@H]3C[C@H](COP(=O)(O)Oc4ccccc4F)[C@@H]3COP(=O)(O)Oc3ccccc3F)c2n1. The van der Waals surface area contributed by atoms with Gasteiger partial charge in [0.15, 0.2) is 28.8 Å². The normalized spacial score (nSPS) is 21.8. The Morgan fingerprint density at radius 2 is 1.50 bits per heavy atom. The summed E-state index contributed by atoms with van der Waals surface area (Å²) in [5.41, 5.74) is 6.56. The number of benzene rings is 2. The van der Waals surface area contributed by atoms with Crippen LogP contribution in [-0.2, 0) is 18.2 Å². The lowest BCUT2D eigenvalue weighted by molar-refractivity contribution is -0.00458. The first-order valence-electron chi connectivity index (χ1n) is 11.8. The minimum atomic E-state index is -4.79. The molecule has 17 heteroatoms. The zero-order chi connectivity index (χ0) is 28.5. The van der Waals surface area contributed by atoms with Gasteiger partial charge in [-0.05, 0) is 36.6 Å². The number of anilines is 1. The Labute approximate surface area is 225 Å². The van der Waals surface area contributed by atoms with Gasteiger partial charge in [-0.1, -0.05) is 24.3 Å². The van der Waals surface area contributed by atoms with E-state index >= 15 is 0 Å². The molecule has 4 aromatic rings. The van der Waals surface area contributed by atoms with E-state index in [1.807, 2.05) is 0 Å². The highest BCUT2D eigenvalue weighted by Crippen LogP contribution is 2.52. The van der Waals surface area contributed by atoms with Gasteiger partial charge in [0.1, 0.15) is 5.52 Å². The summed E-state index contributed by atoms with van der Waals surface area (Å²) in [4.78, 5) is 32.7. The number of aromatic nitrogens is 4. The number of nitrogen functional groups attached to an aromatic ring is 1. The third kappa shape index (κ3) is 6.30. The van der Waals surface area contributed by atoms with Crippen LogP contribution < -0.4 is 14.8 Å². The monoisotopic (exact) mass is 597 g/mol. The number of imidazole rings is 1. The Morgan fingerprint density at radius 3 is 2.10 bits per heavy atom. The number of nitrogens with two attached hydrogens (primary N) is 1. The summed E-state index contributed by atoms with van der Waals surface area (Å²) < 4.78 is 74.6. The molecule has 5 rings (SSSR count). The number of rotatable bonds is 11. The van der Waals surface area contributed by atoms with Crippen molar-refractivity contribution in [2.24, 2.45) is 11.8 Å². The van der Waals surface area contributed by atoms with Crippen molar-refractivity contribution >= 4 is 32.8 Å². The van der Waals surface area contributed by atoms with Crippen molar-refractivity contribution in [2.45, 2.75) is 12.5 Å². The van der Waals surface area contributed by atoms with Crippen LogP contribution in [0.25, 0.3) is 11.2 Å². The zero-order valence-corrected chi connectivity index (χ0v) is 22.3. The van der Waals surface area contributed by atoms with E-state index in [0.29, 0.717) is 17.6 Å². The highest BCUT2D eigenvalue weighted by Gasteiger charge is 2.46. The highest BCUT2D eigenvalue weighted by molar-refractivity contribution is 7.48. The molecular weight excluding hydrogens is 574 g/mol. The molecule has 1 aliphatic carbocycles. The van der Waals surface area contributed by atoms with Gasteiger partial charge in [0.25, 0.3) is 0 Å². The summed E-state index contributed by atoms with van der Waals surface area (Å²) in [6.45, 7) is -0.745. The predicted molar refractivity (Wildman–Crippen MR) is 136 cm³/mol. The average Bonchev–Trinajstić information content (AvgIpc) is 3.28. The molecular formula is C23H23F2N5O8P2. The summed E-state index contributed by atoms with van der Waals surface area (Å²) in [6.07, 6.45) is 3.26. The molecule has 5 atom stereocenters. The first-order valence-corrected chi connectivity index (χ1v) is 14.8. The number of phosphoric acid groups is 2. The lowest BCUT2D eigenvalue weighted by atomic mass is 9.70. The van der Waals surface area contributed by atoms with Crippen molar-refractivity contribution in [1.82, 2.24) is 19.5 Å². The second kappa shape index (κ2) is 11.2. The average molecular weight is 597 g/mol. The van der Waals surface area contributed by atoms with Gasteiger partial charge in [-0.25, -0.2) is 27.9 Å². The van der Waals surface area contributed by atoms with E-state index in [1.165, 1.54) is 48.9 Å². The van der Waals surface area contributed by atoms with Crippen LogP contribution in [0.1, 0.15) is 12.5 Å². The molecule has 0 saturated heterocycles. The Hall–Kier alpha value is -3.45. The second-order valence-electron chi connectivity index (χ2n) is 8.89. The van der Waals surface area contributed by atoms with Gasteiger partial charge >= 0.3 is 15.6 Å². The second-order valence-corrected chi connectivity index (χ2v) is 11.6. The minimum absolute atomic E-state index is 0.00548. The third-order valence-corrected chi connectivity index (χ3v) is 8.12. The number of halogens is 2. The Kier molecular flexibility index (Phi) is 7.87. The van der Waals surface area contributed by atoms with Crippen molar-refractivity contribution in [3.05, 3.63) is 72.7 Å². The summed E-state index contributed by atoms with van der Waals surface area (Å²) in [7, 11) is -9.52. The van der Waals surface area contributed by atoms with Crippen molar-refractivity contribution < 1.29 is 45.8 Å². The molecule has 1 saturated carbocycles. The van der Waals surface area contributed by atoms with Crippen molar-refractivity contribution in [3.8, 4) is 11.5 Å². The minimum Gasteiger partial charge on any atom is -0.401 e. The summed E-state index contributed by atoms with van der Waals surface area (Å²) in [5.74, 6) is -3.75. The van der Waals surface area contributed by atoms with Gasteiger partial charge < -0.3 is 19.3 Å². The maximum absolute atomic E-state index is 13.9. The molecule has 212 valence electrons. The van der Waals surface area contributed by atoms with E-state index < -0.39 is 63.3 Å². The molecule has 0 aliphatic heterocycles. The molecule has 0 spiro atoms. The number of nitrogens with zero attached hydrogens (tertiary/aromatic N) is 4. The summed E-state index contributed by atoms with van der Waals surface area (Å²) in [6, 6.07) is 9.64. The molecule has 2 heterocycles. The molecule has 1 fully saturated rings. The lowest BCUT2D eigenvalue weighted by Gasteiger charge is -2.45. The van der Waals surface area contributed by atoms with E-state index in [4.69, 9.17) is 23.8 Å². The molecule has 0 radical (unpaired) electrons. The van der Waals surface area contributed by atoms with Crippen LogP contribution in [0.15, 0.2) is 61.1 Å². The van der Waals surface area contributed by atoms with Gasteiger partial charge in [-0.2, -0.15) is 4.98 Å². The van der Waals surface area contributed by atoms with E-state index in [1.54, 1.807) is 4.57 Å². The molecule has 2 aromatic carbocycles. The van der Waals surface area contributed by atoms with E-state index in [-0.39, 0.29) is 12.6 Å². The summed E-state index contributed by atoms with van der Waals surface area (Å²) in [5, 5.41) is 0. The number of hydrogen-bond donors (Lipinski definition) is 3. The maximum atomic E-state index is 13.9. The number of phosphoric ester groups is 2. The highest BCUT2D eigenvalue weighted by atomic mass is 31.2. The molecule has 2 aromatic heterocycles. The molecule has 0 bridgehead atoms. The van der Waals surface area contributed by atoms with Crippen LogP contribution in [0, 0.1) is 23.5 Å².